The average molecular weight is 299 g/mol. The molecule has 0 radical (unpaired) electrons. The van der Waals surface area contributed by atoms with Crippen LogP contribution in [0.25, 0.3) is 0 Å². The minimum absolute atomic E-state index is 0.0635. The Balaban J connectivity index is 1.82. The molecule has 0 heterocycles. The van der Waals surface area contributed by atoms with E-state index < -0.39 is 0 Å². The summed E-state index contributed by atoms with van der Waals surface area (Å²) in [6.07, 6.45) is 0.924. The summed E-state index contributed by atoms with van der Waals surface area (Å²) in [5, 5.41) is 3.00. The van der Waals surface area contributed by atoms with Gasteiger partial charge in [0, 0.05) is 11.4 Å². The Bertz CT molecular complexity index is 610. The highest BCUT2D eigenvalue weighted by atomic mass is 32.2. The molecule has 0 saturated carbocycles. The molecule has 0 aliphatic rings. The first-order valence-electron chi connectivity index (χ1n) is 7.20. The zero-order valence-corrected chi connectivity index (χ0v) is 13.4. The Kier molecular flexibility index (Phi) is 5.88. The Morgan fingerprint density at radius 3 is 2.71 bits per heavy atom. The maximum atomic E-state index is 12.0. The molecule has 0 fully saturated rings. The molecule has 0 aromatic heterocycles. The molecule has 0 aliphatic heterocycles. The molecule has 0 spiro atoms. The monoisotopic (exact) mass is 299 g/mol. The van der Waals surface area contributed by atoms with Crippen molar-refractivity contribution in [2.75, 3.05) is 11.1 Å². The van der Waals surface area contributed by atoms with Crippen molar-refractivity contribution >= 4 is 23.4 Å². The summed E-state index contributed by atoms with van der Waals surface area (Å²) in [4.78, 5) is 12.0. The lowest BCUT2D eigenvalue weighted by Crippen LogP contribution is -2.15. The molecule has 110 valence electrons. The van der Waals surface area contributed by atoms with Crippen LogP contribution in [-0.2, 0) is 17.0 Å². The van der Waals surface area contributed by atoms with E-state index in [2.05, 4.69) is 49.5 Å². The lowest BCUT2D eigenvalue weighted by atomic mass is 10.1. The molecule has 0 aliphatic carbocycles. The van der Waals surface area contributed by atoms with Gasteiger partial charge >= 0.3 is 0 Å². The third-order valence-electron chi connectivity index (χ3n) is 3.26. The summed E-state index contributed by atoms with van der Waals surface area (Å²) in [5.74, 6) is 1.41. The maximum Gasteiger partial charge on any atom is 0.234 e. The highest BCUT2D eigenvalue weighted by Crippen LogP contribution is 2.17. The number of carbonyl (C=O) groups is 1. The van der Waals surface area contributed by atoms with Crippen LogP contribution in [0.15, 0.2) is 48.5 Å². The van der Waals surface area contributed by atoms with Gasteiger partial charge < -0.3 is 5.32 Å². The van der Waals surface area contributed by atoms with Gasteiger partial charge in [0.1, 0.15) is 0 Å². The van der Waals surface area contributed by atoms with Crippen molar-refractivity contribution in [1.82, 2.24) is 0 Å². The number of hydrogen-bond donors (Lipinski definition) is 1. The van der Waals surface area contributed by atoms with E-state index in [0.717, 1.165) is 17.9 Å². The molecule has 21 heavy (non-hydrogen) atoms. The van der Waals surface area contributed by atoms with E-state index in [4.69, 9.17) is 0 Å². The number of benzene rings is 2. The first-order valence-corrected chi connectivity index (χ1v) is 8.35. The molecule has 2 rings (SSSR count). The molecule has 0 bridgehead atoms. The third-order valence-corrected chi connectivity index (χ3v) is 4.26. The van der Waals surface area contributed by atoms with E-state index in [9.17, 15) is 4.79 Å². The van der Waals surface area contributed by atoms with Gasteiger partial charge in [-0.2, -0.15) is 0 Å². The van der Waals surface area contributed by atoms with Crippen molar-refractivity contribution in [3.8, 4) is 0 Å². The van der Waals surface area contributed by atoms with Crippen LogP contribution in [0.5, 0.6) is 0 Å². The van der Waals surface area contributed by atoms with Crippen molar-refractivity contribution in [3.63, 3.8) is 0 Å². The summed E-state index contributed by atoms with van der Waals surface area (Å²) in [6, 6.07) is 16.4. The van der Waals surface area contributed by atoms with Crippen molar-refractivity contribution in [1.29, 1.82) is 0 Å². The first kappa shape index (κ1) is 15.6. The Labute approximate surface area is 131 Å². The molecule has 3 heteroatoms. The molecule has 2 nitrogen and oxygen atoms in total. The molecule has 2 aromatic carbocycles. The van der Waals surface area contributed by atoms with Crippen molar-refractivity contribution in [2.24, 2.45) is 0 Å². The summed E-state index contributed by atoms with van der Waals surface area (Å²) >= 11 is 1.64. The van der Waals surface area contributed by atoms with Gasteiger partial charge in [-0.15, -0.1) is 11.8 Å². The van der Waals surface area contributed by atoms with Crippen LogP contribution in [0.1, 0.15) is 23.6 Å². The topological polar surface area (TPSA) is 29.1 Å². The fraction of sp³-hybridized carbons (Fsp3) is 0.278. The molecular weight excluding hydrogens is 278 g/mol. The summed E-state index contributed by atoms with van der Waals surface area (Å²) < 4.78 is 0. The highest BCUT2D eigenvalue weighted by molar-refractivity contribution is 7.99. The largest absolute Gasteiger partial charge is 0.325 e. The minimum Gasteiger partial charge on any atom is -0.325 e. The van der Waals surface area contributed by atoms with Crippen LogP contribution in [0.4, 0.5) is 5.69 Å². The molecule has 2 aromatic rings. The van der Waals surface area contributed by atoms with E-state index in [1.54, 1.807) is 11.8 Å². The summed E-state index contributed by atoms with van der Waals surface area (Å²) in [7, 11) is 0. The molecule has 1 amide bonds. The third kappa shape index (κ3) is 4.94. The number of nitrogens with one attached hydrogen (secondary N) is 1. The second-order valence-corrected chi connectivity index (χ2v) is 6.03. The predicted octanol–water partition coefficient (Wildman–Crippen LogP) is 4.43. The molecule has 0 atom stereocenters. The lowest BCUT2D eigenvalue weighted by molar-refractivity contribution is -0.113. The quantitative estimate of drug-likeness (QED) is 0.855. The Morgan fingerprint density at radius 1 is 1.14 bits per heavy atom. The summed E-state index contributed by atoms with van der Waals surface area (Å²) in [5.41, 5.74) is 4.63. The van der Waals surface area contributed by atoms with E-state index in [1.165, 1.54) is 16.7 Å². The lowest BCUT2D eigenvalue weighted by Gasteiger charge is -2.09. The van der Waals surface area contributed by atoms with Gasteiger partial charge in [-0.25, -0.2) is 0 Å². The smallest absolute Gasteiger partial charge is 0.234 e. The van der Waals surface area contributed by atoms with Crippen LogP contribution in [0.3, 0.4) is 0 Å². The van der Waals surface area contributed by atoms with Gasteiger partial charge in [-0.1, -0.05) is 55.0 Å². The Hall–Kier alpha value is -1.74. The number of anilines is 1. The number of hydrogen-bond acceptors (Lipinski definition) is 2. The van der Waals surface area contributed by atoms with E-state index in [-0.39, 0.29) is 5.91 Å². The molecule has 0 saturated heterocycles. The Morgan fingerprint density at radius 2 is 1.95 bits per heavy atom. The van der Waals surface area contributed by atoms with Crippen LogP contribution in [0, 0.1) is 6.92 Å². The van der Waals surface area contributed by atoms with Crippen LogP contribution < -0.4 is 5.32 Å². The highest BCUT2D eigenvalue weighted by Gasteiger charge is 2.05. The van der Waals surface area contributed by atoms with Gasteiger partial charge in [0.25, 0.3) is 0 Å². The second kappa shape index (κ2) is 7.89. The van der Waals surface area contributed by atoms with E-state index in [1.807, 2.05) is 18.2 Å². The first-order chi connectivity index (χ1) is 10.2. The number of aryl methyl sites for hydroxylation is 2. The van der Waals surface area contributed by atoms with Gasteiger partial charge in [0.2, 0.25) is 5.91 Å². The zero-order chi connectivity index (χ0) is 15.1. The predicted molar refractivity (Wildman–Crippen MR) is 91.8 cm³/mol. The van der Waals surface area contributed by atoms with Crippen LogP contribution in [-0.4, -0.2) is 11.7 Å². The van der Waals surface area contributed by atoms with Crippen LogP contribution >= 0.6 is 11.8 Å². The van der Waals surface area contributed by atoms with Gasteiger partial charge in [-0.05, 0) is 30.5 Å². The standard InChI is InChI=1S/C18H21NOS/c1-3-16-9-4-5-10-17(16)19-18(20)13-21-12-15-8-6-7-14(2)11-15/h4-11H,3,12-13H2,1-2H3,(H,19,20). The normalized spacial score (nSPS) is 10.4. The maximum absolute atomic E-state index is 12.0. The fourth-order valence-corrected chi connectivity index (χ4v) is 2.98. The van der Waals surface area contributed by atoms with Gasteiger partial charge in [-0.3, -0.25) is 4.79 Å². The van der Waals surface area contributed by atoms with Crippen LogP contribution in [0.2, 0.25) is 0 Å². The fourth-order valence-electron chi connectivity index (χ4n) is 2.20. The molecule has 0 unspecified atom stereocenters. The number of thioether (sulfide) groups is 1. The average Bonchev–Trinajstić information content (AvgIpc) is 2.48. The second-order valence-electron chi connectivity index (χ2n) is 5.04. The zero-order valence-electron chi connectivity index (χ0n) is 12.6. The number of carbonyl (C=O) groups excluding carboxylic acids is 1. The van der Waals surface area contributed by atoms with E-state index >= 15 is 0 Å². The minimum atomic E-state index is 0.0635. The summed E-state index contributed by atoms with van der Waals surface area (Å²) in [6.45, 7) is 4.18. The van der Waals surface area contributed by atoms with Crippen molar-refractivity contribution in [2.45, 2.75) is 26.0 Å². The SMILES string of the molecule is CCc1ccccc1NC(=O)CSCc1cccc(C)c1. The van der Waals surface area contributed by atoms with Crippen molar-refractivity contribution < 1.29 is 4.79 Å². The molecule has 1 N–H and O–H groups in total. The van der Waals surface area contributed by atoms with Crippen molar-refractivity contribution in [3.05, 3.63) is 65.2 Å². The van der Waals surface area contributed by atoms with Gasteiger partial charge in [0.05, 0.1) is 5.75 Å². The molecular formula is C18H21NOS. The number of para-hydroxylation sites is 1. The number of rotatable bonds is 6. The van der Waals surface area contributed by atoms with E-state index in [0.29, 0.717) is 5.75 Å². The van der Waals surface area contributed by atoms with Gasteiger partial charge in [0.15, 0.2) is 0 Å². The number of amides is 1.